The number of thioether (sulfide) groups is 2. The van der Waals surface area contributed by atoms with E-state index in [0.29, 0.717) is 21.7 Å². The van der Waals surface area contributed by atoms with Gasteiger partial charge in [-0.1, -0.05) is 53.7 Å². The summed E-state index contributed by atoms with van der Waals surface area (Å²) in [6, 6.07) is 22.0. The first-order chi connectivity index (χ1) is 15.6. The molecule has 5 nitrogen and oxygen atoms in total. The number of hydrogen-bond acceptors (Lipinski definition) is 5. The highest BCUT2D eigenvalue weighted by atomic mass is 35.5. The Morgan fingerprint density at radius 3 is 2.81 bits per heavy atom. The minimum atomic E-state index is -0.214. The lowest BCUT2D eigenvalue weighted by molar-refractivity contribution is 0.102. The number of fused-ring (bicyclic) bond motifs is 2. The van der Waals surface area contributed by atoms with E-state index in [-0.39, 0.29) is 17.5 Å². The molecular formula is C24H18ClN3O2S2. The minimum absolute atomic E-state index is 0.00347. The Balaban J connectivity index is 1.36. The van der Waals surface area contributed by atoms with Crippen LogP contribution in [0.2, 0.25) is 5.02 Å². The minimum Gasteiger partial charge on any atom is -0.321 e. The van der Waals surface area contributed by atoms with Crippen LogP contribution in [0.1, 0.15) is 16.4 Å². The van der Waals surface area contributed by atoms with E-state index in [9.17, 15) is 9.59 Å². The first kappa shape index (κ1) is 21.1. The van der Waals surface area contributed by atoms with Crippen LogP contribution in [0.5, 0.6) is 0 Å². The van der Waals surface area contributed by atoms with Gasteiger partial charge >= 0.3 is 0 Å². The van der Waals surface area contributed by atoms with Gasteiger partial charge in [0.1, 0.15) is 0 Å². The highest BCUT2D eigenvalue weighted by Gasteiger charge is 2.26. The maximum atomic E-state index is 13.1. The summed E-state index contributed by atoms with van der Waals surface area (Å²) in [4.78, 5) is 31.4. The van der Waals surface area contributed by atoms with Crippen LogP contribution in [0.25, 0.3) is 10.9 Å². The number of nitrogens with one attached hydrogen (secondary N) is 1. The molecule has 160 valence electrons. The van der Waals surface area contributed by atoms with Gasteiger partial charge in [-0.2, -0.15) is 0 Å². The molecule has 2 heterocycles. The third kappa shape index (κ3) is 4.16. The first-order valence-electron chi connectivity index (χ1n) is 10.0. The number of aromatic nitrogens is 2. The lowest BCUT2D eigenvalue weighted by atomic mass is 10.2. The second kappa shape index (κ2) is 9.02. The molecule has 0 unspecified atom stereocenters. The van der Waals surface area contributed by atoms with Crippen molar-refractivity contribution in [1.82, 2.24) is 9.55 Å². The van der Waals surface area contributed by atoms with Crippen molar-refractivity contribution in [3.8, 4) is 0 Å². The van der Waals surface area contributed by atoms with E-state index in [0.717, 1.165) is 27.0 Å². The van der Waals surface area contributed by atoms with Gasteiger partial charge in [0.25, 0.3) is 11.5 Å². The van der Waals surface area contributed by atoms with E-state index in [1.165, 1.54) is 0 Å². The van der Waals surface area contributed by atoms with Crippen molar-refractivity contribution in [3.63, 3.8) is 0 Å². The molecule has 1 aliphatic rings. The summed E-state index contributed by atoms with van der Waals surface area (Å²) in [6.07, 6.45) is 0. The molecular weight excluding hydrogens is 462 g/mol. The number of nitrogens with zero attached hydrogens (tertiary/aromatic N) is 2. The zero-order valence-corrected chi connectivity index (χ0v) is 19.2. The van der Waals surface area contributed by atoms with Gasteiger partial charge in [0.05, 0.1) is 22.6 Å². The van der Waals surface area contributed by atoms with Crippen molar-refractivity contribution in [2.75, 3.05) is 16.8 Å². The van der Waals surface area contributed by atoms with Crippen molar-refractivity contribution in [1.29, 1.82) is 0 Å². The monoisotopic (exact) mass is 479 g/mol. The van der Waals surface area contributed by atoms with E-state index < -0.39 is 0 Å². The summed E-state index contributed by atoms with van der Waals surface area (Å²) in [6.45, 7) is 0. The molecule has 3 aromatic carbocycles. The zero-order valence-electron chi connectivity index (χ0n) is 16.8. The van der Waals surface area contributed by atoms with Gasteiger partial charge in [-0.25, -0.2) is 4.98 Å². The molecule has 32 heavy (non-hydrogen) atoms. The molecule has 8 heteroatoms. The van der Waals surface area contributed by atoms with Crippen molar-refractivity contribution in [3.05, 3.63) is 93.7 Å². The second-order valence-corrected chi connectivity index (χ2v) is 9.81. The Morgan fingerprint density at radius 1 is 1.12 bits per heavy atom. The maximum Gasteiger partial charge on any atom is 0.262 e. The Hall–Kier alpha value is -2.74. The molecule has 1 atom stereocenters. The number of halogens is 1. The van der Waals surface area contributed by atoms with E-state index in [1.807, 2.05) is 53.1 Å². The fourth-order valence-electron chi connectivity index (χ4n) is 3.62. The van der Waals surface area contributed by atoms with Gasteiger partial charge in [-0.15, -0.1) is 11.8 Å². The summed E-state index contributed by atoms with van der Waals surface area (Å²) in [7, 11) is 0. The van der Waals surface area contributed by atoms with E-state index >= 15 is 0 Å². The summed E-state index contributed by atoms with van der Waals surface area (Å²) in [5.41, 5.74) is 1.97. The number of amides is 1. The zero-order chi connectivity index (χ0) is 22.1. The third-order valence-electron chi connectivity index (χ3n) is 5.20. The topological polar surface area (TPSA) is 64.0 Å². The number of para-hydroxylation sites is 2. The SMILES string of the molecule is O=C(Nc1ccccc1SC[C@@H]1CSc2nc3ccccc3c(=O)n21)c1cccc(Cl)c1. The summed E-state index contributed by atoms with van der Waals surface area (Å²) >= 11 is 9.25. The summed E-state index contributed by atoms with van der Waals surface area (Å²) < 4.78 is 1.81. The number of rotatable bonds is 5. The summed E-state index contributed by atoms with van der Waals surface area (Å²) in [5, 5.41) is 4.90. The summed E-state index contributed by atoms with van der Waals surface area (Å²) in [5.74, 6) is 1.28. The maximum absolute atomic E-state index is 13.1. The van der Waals surface area contributed by atoms with Crippen LogP contribution >= 0.6 is 35.1 Å². The first-order valence-corrected chi connectivity index (χ1v) is 12.4. The Bertz CT molecular complexity index is 1390. The number of hydrogen-bond donors (Lipinski definition) is 1. The van der Waals surface area contributed by atoms with Crippen LogP contribution < -0.4 is 10.9 Å². The molecule has 0 fully saturated rings. The molecule has 0 bridgehead atoms. The fourth-order valence-corrected chi connectivity index (χ4v) is 6.19. The molecule has 1 aromatic heterocycles. The van der Waals surface area contributed by atoms with Crippen LogP contribution in [-0.4, -0.2) is 27.0 Å². The number of anilines is 1. The standard InChI is InChI=1S/C24H18ClN3O2S2/c25-16-7-5-6-15(12-16)22(29)26-20-10-3-4-11-21(20)31-13-17-14-32-24-27-19-9-2-1-8-18(19)23(30)28(17)24/h1-12,17H,13-14H2,(H,26,29)/t17-/m1/s1. The van der Waals surface area contributed by atoms with Crippen LogP contribution in [-0.2, 0) is 0 Å². The van der Waals surface area contributed by atoms with Gasteiger partial charge in [0.2, 0.25) is 0 Å². The lowest BCUT2D eigenvalue weighted by Gasteiger charge is -2.15. The normalized spacial score (nSPS) is 15.0. The van der Waals surface area contributed by atoms with Gasteiger partial charge < -0.3 is 5.32 Å². The van der Waals surface area contributed by atoms with Crippen molar-refractivity contribution >= 4 is 57.6 Å². The van der Waals surface area contributed by atoms with Crippen LogP contribution in [0.4, 0.5) is 5.69 Å². The van der Waals surface area contributed by atoms with Crippen LogP contribution in [0, 0.1) is 0 Å². The predicted octanol–water partition coefficient (Wildman–Crippen LogP) is 5.74. The van der Waals surface area contributed by atoms with E-state index in [1.54, 1.807) is 47.8 Å². The predicted molar refractivity (Wildman–Crippen MR) is 132 cm³/mol. The van der Waals surface area contributed by atoms with Crippen molar-refractivity contribution in [2.45, 2.75) is 16.1 Å². The van der Waals surface area contributed by atoms with Gasteiger partial charge in [0, 0.05) is 27.0 Å². The number of carbonyl (C=O) groups is 1. The second-order valence-electron chi connectivity index (χ2n) is 7.32. The molecule has 0 radical (unpaired) electrons. The molecule has 0 spiro atoms. The van der Waals surface area contributed by atoms with Crippen molar-refractivity contribution in [2.24, 2.45) is 0 Å². The third-order valence-corrected chi connectivity index (χ3v) is 7.75. The fraction of sp³-hybridized carbons (Fsp3) is 0.125. The molecule has 1 aliphatic heterocycles. The molecule has 4 aromatic rings. The number of benzene rings is 3. The average Bonchev–Trinajstić information content (AvgIpc) is 3.22. The molecule has 1 amide bonds. The van der Waals surface area contributed by atoms with Crippen molar-refractivity contribution < 1.29 is 4.79 Å². The Kier molecular flexibility index (Phi) is 5.95. The van der Waals surface area contributed by atoms with Gasteiger partial charge in [-0.05, 0) is 42.5 Å². The van der Waals surface area contributed by atoms with Crippen LogP contribution in [0.15, 0.2) is 87.6 Å². The Morgan fingerprint density at radius 2 is 1.94 bits per heavy atom. The molecule has 0 aliphatic carbocycles. The molecule has 1 N–H and O–H groups in total. The van der Waals surface area contributed by atoms with Crippen LogP contribution in [0.3, 0.4) is 0 Å². The molecule has 5 rings (SSSR count). The number of carbonyl (C=O) groups excluding carboxylic acids is 1. The molecule has 0 saturated carbocycles. The quantitative estimate of drug-likeness (QED) is 0.292. The lowest BCUT2D eigenvalue weighted by Crippen LogP contribution is -2.26. The molecule has 0 saturated heterocycles. The Labute approximate surface area is 198 Å². The smallest absolute Gasteiger partial charge is 0.262 e. The van der Waals surface area contributed by atoms with E-state index in [2.05, 4.69) is 10.3 Å². The largest absolute Gasteiger partial charge is 0.321 e. The average molecular weight is 480 g/mol. The highest BCUT2D eigenvalue weighted by Crippen LogP contribution is 2.36. The van der Waals surface area contributed by atoms with E-state index in [4.69, 9.17) is 11.6 Å². The van der Waals surface area contributed by atoms with Gasteiger partial charge in [0.15, 0.2) is 5.16 Å². The van der Waals surface area contributed by atoms with Gasteiger partial charge in [-0.3, -0.25) is 14.2 Å². The highest BCUT2D eigenvalue weighted by molar-refractivity contribution is 8.00.